The number of nitrogens with one attached hydrogen (secondary N) is 3. The lowest BCUT2D eigenvalue weighted by molar-refractivity contribution is -0.139. The maximum Gasteiger partial charge on any atom is 0.315 e. The maximum absolute atomic E-state index is 13.8. The summed E-state index contributed by atoms with van der Waals surface area (Å²) in [5.74, 6) is 0.377. The summed E-state index contributed by atoms with van der Waals surface area (Å²) in [6, 6.07) is 8.32. The fourth-order valence-electron chi connectivity index (χ4n) is 5.61. The number of likely N-dealkylation sites (tertiary alicyclic amines) is 1. The quantitative estimate of drug-likeness (QED) is 0.692. The molecule has 2 heterocycles. The predicted octanol–water partition coefficient (Wildman–Crippen LogP) is 2.89. The molecule has 0 spiro atoms. The molecular formula is C23H34N4O3. The van der Waals surface area contributed by atoms with E-state index < -0.39 is 0 Å². The van der Waals surface area contributed by atoms with Crippen molar-refractivity contribution in [2.75, 3.05) is 32.1 Å². The third kappa shape index (κ3) is 4.00. The fourth-order valence-corrected chi connectivity index (χ4v) is 5.61. The zero-order valence-corrected chi connectivity index (χ0v) is 18.0. The van der Waals surface area contributed by atoms with Crippen molar-refractivity contribution in [3.05, 3.63) is 29.8 Å². The van der Waals surface area contributed by atoms with Gasteiger partial charge in [-0.15, -0.1) is 0 Å². The predicted molar refractivity (Wildman–Crippen MR) is 116 cm³/mol. The van der Waals surface area contributed by atoms with Crippen LogP contribution >= 0.6 is 0 Å². The summed E-state index contributed by atoms with van der Waals surface area (Å²) in [6.07, 6.45) is 4.75. The molecule has 7 nitrogen and oxygen atoms in total. The van der Waals surface area contributed by atoms with Gasteiger partial charge in [-0.2, -0.15) is 0 Å². The average Bonchev–Trinajstić information content (AvgIpc) is 3.20. The van der Waals surface area contributed by atoms with Crippen LogP contribution in [0.2, 0.25) is 0 Å². The van der Waals surface area contributed by atoms with Crippen molar-refractivity contribution < 1.29 is 14.3 Å². The van der Waals surface area contributed by atoms with Crippen LogP contribution in [0, 0.1) is 11.8 Å². The number of ether oxygens (including phenoxy) is 1. The van der Waals surface area contributed by atoms with E-state index in [9.17, 15) is 9.59 Å². The van der Waals surface area contributed by atoms with E-state index in [-0.39, 0.29) is 36.0 Å². The van der Waals surface area contributed by atoms with Crippen LogP contribution in [0.4, 0.5) is 10.5 Å². The van der Waals surface area contributed by atoms with Crippen LogP contribution in [-0.2, 0) is 9.53 Å². The molecule has 1 saturated heterocycles. The number of benzene rings is 1. The summed E-state index contributed by atoms with van der Waals surface area (Å²) in [6.45, 7) is 3.87. The Morgan fingerprint density at radius 1 is 1.20 bits per heavy atom. The molecule has 30 heavy (non-hydrogen) atoms. The van der Waals surface area contributed by atoms with Gasteiger partial charge in [-0.05, 0) is 37.8 Å². The van der Waals surface area contributed by atoms with Gasteiger partial charge < -0.3 is 25.6 Å². The minimum Gasteiger partial charge on any atom is -0.383 e. The first-order chi connectivity index (χ1) is 14.6. The first-order valence-corrected chi connectivity index (χ1v) is 11.3. The number of para-hydroxylation sites is 1. The van der Waals surface area contributed by atoms with Crippen LogP contribution in [0.15, 0.2) is 24.3 Å². The number of carbonyl (C=O) groups excluding carboxylic acids is 2. The van der Waals surface area contributed by atoms with Crippen molar-refractivity contribution >= 4 is 17.6 Å². The molecule has 1 aliphatic carbocycles. The minimum absolute atomic E-state index is 0.0714. The highest BCUT2D eigenvalue weighted by atomic mass is 16.5. The number of hydrogen-bond acceptors (Lipinski definition) is 4. The minimum atomic E-state index is -0.172. The summed E-state index contributed by atoms with van der Waals surface area (Å²) >= 11 is 0. The molecule has 2 fully saturated rings. The fraction of sp³-hybridized carbons (Fsp3) is 0.652. The molecule has 3 amide bonds. The van der Waals surface area contributed by atoms with Crippen LogP contribution in [0.5, 0.6) is 0 Å². The summed E-state index contributed by atoms with van der Waals surface area (Å²) in [7, 11) is 1.73. The smallest absolute Gasteiger partial charge is 0.315 e. The van der Waals surface area contributed by atoms with E-state index in [0.29, 0.717) is 19.1 Å². The lowest BCUT2D eigenvalue weighted by atomic mass is 9.81. The molecule has 0 unspecified atom stereocenters. The number of anilines is 1. The summed E-state index contributed by atoms with van der Waals surface area (Å²) in [4.78, 5) is 28.0. The Morgan fingerprint density at radius 3 is 2.80 bits per heavy atom. The van der Waals surface area contributed by atoms with Gasteiger partial charge in [0, 0.05) is 37.8 Å². The number of carbonyl (C=O) groups is 2. The van der Waals surface area contributed by atoms with Crippen molar-refractivity contribution in [3.63, 3.8) is 0 Å². The van der Waals surface area contributed by atoms with Gasteiger partial charge in [-0.1, -0.05) is 31.0 Å². The lowest BCUT2D eigenvalue weighted by Crippen LogP contribution is -2.52. The maximum atomic E-state index is 13.8. The van der Waals surface area contributed by atoms with E-state index in [2.05, 4.69) is 39.0 Å². The molecule has 0 radical (unpaired) electrons. The third-order valence-electron chi connectivity index (χ3n) is 6.95. The second-order valence-electron chi connectivity index (χ2n) is 8.72. The summed E-state index contributed by atoms with van der Waals surface area (Å²) < 4.78 is 5.48. The van der Waals surface area contributed by atoms with Gasteiger partial charge in [-0.25, -0.2) is 4.79 Å². The normalized spacial score (nSPS) is 30.1. The van der Waals surface area contributed by atoms with Crippen LogP contribution in [0.3, 0.4) is 0 Å². The molecule has 164 valence electrons. The first-order valence-electron chi connectivity index (χ1n) is 11.3. The molecule has 4 rings (SSSR count). The monoisotopic (exact) mass is 414 g/mol. The van der Waals surface area contributed by atoms with Crippen molar-refractivity contribution in [1.82, 2.24) is 15.5 Å². The standard InChI is InChI=1S/C23H34N4O3/c1-3-24-23(29)26-19-11-7-5-9-17(19)22(28)27-13-12-16-20(14-30-2)25-18-10-6-4-8-15(18)21(16)27/h4,6,8,10,16-17,19-21,25H,3,5,7,9,11-14H2,1-2H3,(H2,24,26,29)/t16-,17+,19-,20+,21+/m1/s1. The average molecular weight is 415 g/mol. The highest BCUT2D eigenvalue weighted by Crippen LogP contribution is 2.47. The van der Waals surface area contributed by atoms with E-state index in [1.165, 1.54) is 5.56 Å². The zero-order valence-electron chi connectivity index (χ0n) is 18.0. The number of methoxy groups -OCH3 is 1. The van der Waals surface area contributed by atoms with Crippen molar-refractivity contribution in [1.29, 1.82) is 0 Å². The molecule has 1 aromatic rings. The zero-order chi connectivity index (χ0) is 21.1. The molecule has 0 bridgehead atoms. The van der Waals surface area contributed by atoms with E-state index in [1.54, 1.807) is 7.11 Å². The first kappa shape index (κ1) is 21.0. The summed E-state index contributed by atoms with van der Waals surface area (Å²) in [5.41, 5.74) is 2.30. The van der Waals surface area contributed by atoms with Gasteiger partial charge in [0.25, 0.3) is 0 Å². The molecule has 5 atom stereocenters. The highest BCUT2D eigenvalue weighted by molar-refractivity contribution is 5.82. The molecular weight excluding hydrogens is 380 g/mol. The number of amides is 3. The van der Waals surface area contributed by atoms with E-state index in [4.69, 9.17) is 4.74 Å². The Kier molecular flexibility index (Phi) is 6.46. The van der Waals surface area contributed by atoms with Crippen LogP contribution in [-0.4, -0.2) is 55.7 Å². The number of rotatable bonds is 5. The number of nitrogens with zero attached hydrogens (tertiary/aromatic N) is 1. The second-order valence-corrected chi connectivity index (χ2v) is 8.72. The Labute approximate surface area is 178 Å². The van der Waals surface area contributed by atoms with Crippen molar-refractivity contribution in [2.45, 2.75) is 57.2 Å². The number of fused-ring (bicyclic) bond motifs is 3. The van der Waals surface area contributed by atoms with Crippen molar-refractivity contribution in [3.8, 4) is 0 Å². The Bertz CT molecular complexity index is 771. The van der Waals surface area contributed by atoms with Crippen LogP contribution in [0.25, 0.3) is 0 Å². The molecule has 3 N–H and O–H groups in total. The van der Waals surface area contributed by atoms with Gasteiger partial charge in [0.05, 0.1) is 24.6 Å². The number of urea groups is 1. The van der Waals surface area contributed by atoms with Gasteiger partial charge >= 0.3 is 6.03 Å². The second kappa shape index (κ2) is 9.25. The molecule has 0 aromatic heterocycles. The molecule has 3 aliphatic rings. The topological polar surface area (TPSA) is 82.7 Å². The molecule has 1 aromatic carbocycles. The lowest BCUT2D eigenvalue weighted by Gasteiger charge is -2.41. The largest absolute Gasteiger partial charge is 0.383 e. The highest BCUT2D eigenvalue weighted by Gasteiger charge is 2.48. The van der Waals surface area contributed by atoms with Crippen LogP contribution < -0.4 is 16.0 Å². The van der Waals surface area contributed by atoms with E-state index >= 15 is 0 Å². The van der Waals surface area contributed by atoms with Crippen molar-refractivity contribution in [2.24, 2.45) is 11.8 Å². The Hall–Kier alpha value is -2.28. The van der Waals surface area contributed by atoms with Gasteiger partial charge in [0.1, 0.15) is 0 Å². The van der Waals surface area contributed by atoms with Crippen LogP contribution in [0.1, 0.15) is 50.6 Å². The van der Waals surface area contributed by atoms with Gasteiger partial charge in [-0.3, -0.25) is 4.79 Å². The Balaban J connectivity index is 1.57. The SMILES string of the molecule is CCNC(=O)N[C@@H]1CCCC[C@@H]1C(=O)N1CC[C@@H]2[C@H](COC)Nc3ccccc3[C@@H]21. The van der Waals surface area contributed by atoms with E-state index in [0.717, 1.165) is 44.3 Å². The Morgan fingerprint density at radius 2 is 2.00 bits per heavy atom. The molecule has 7 heteroatoms. The van der Waals surface area contributed by atoms with Gasteiger partial charge in [0.2, 0.25) is 5.91 Å². The number of hydrogen-bond donors (Lipinski definition) is 3. The third-order valence-corrected chi connectivity index (χ3v) is 6.95. The van der Waals surface area contributed by atoms with E-state index in [1.807, 2.05) is 13.0 Å². The molecule has 2 aliphatic heterocycles. The van der Waals surface area contributed by atoms with Gasteiger partial charge in [0.15, 0.2) is 0 Å². The molecule has 1 saturated carbocycles. The summed E-state index contributed by atoms with van der Waals surface area (Å²) in [5, 5.41) is 9.50.